The quantitative estimate of drug-likeness (QED) is 0.588. The first-order valence-electron chi connectivity index (χ1n) is 10.2. The number of benzene rings is 1. The van der Waals surface area contributed by atoms with E-state index in [0.717, 1.165) is 12.7 Å². The molecule has 0 unspecified atom stereocenters. The first-order chi connectivity index (χ1) is 15.9. The number of aryl methyl sites for hydroxylation is 1. The standard InChI is InChI=1S/C22H21F3N6O2/c1-13-3-4-16(26-12-13)27-17-5-6-18(29-28-17)30-7-9-31(10-8-30)22(32)14-11-15(23)20(25)21(33-2)19(14)24/h3-6,11-12H,7-10H2,1-2H3,(H,26,27,28). The molecule has 4 rings (SSSR count). The normalized spacial score (nSPS) is 13.7. The molecule has 1 aliphatic rings. The van der Waals surface area contributed by atoms with Gasteiger partial charge >= 0.3 is 0 Å². The Labute approximate surface area is 188 Å². The highest BCUT2D eigenvalue weighted by molar-refractivity contribution is 5.95. The topological polar surface area (TPSA) is 83.5 Å². The molecule has 0 spiro atoms. The average molecular weight is 458 g/mol. The van der Waals surface area contributed by atoms with E-state index in [1.54, 1.807) is 18.3 Å². The maximum atomic E-state index is 14.5. The third-order valence-electron chi connectivity index (χ3n) is 5.26. The Morgan fingerprint density at radius 2 is 1.73 bits per heavy atom. The molecule has 1 aliphatic heterocycles. The number of amides is 1. The summed E-state index contributed by atoms with van der Waals surface area (Å²) >= 11 is 0. The van der Waals surface area contributed by atoms with Crippen LogP contribution in [0, 0.1) is 24.4 Å². The summed E-state index contributed by atoms with van der Waals surface area (Å²) in [7, 11) is 1.01. The number of hydrogen-bond acceptors (Lipinski definition) is 7. The van der Waals surface area contributed by atoms with Crippen molar-refractivity contribution in [1.82, 2.24) is 20.1 Å². The molecule has 3 aromatic rings. The Bertz CT molecular complexity index is 1150. The van der Waals surface area contributed by atoms with Crippen LogP contribution in [-0.4, -0.2) is 59.3 Å². The van der Waals surface area contributed by atoms with Crippen molar-refractivity contribution >= 4 is 23.4 Å². The zero-order valence-electron chi connectivity index (χ0n) is 18.0. The number of methoxy groups -OCH3 is 1. The summed E-state index contributed by atoms with van der Waals surface area (Å²) in [6.45, 7) is 3.26. The first-order valence-corrected chi connectivity index (χ1v) is 10.2. The van der Waals surface area contributed by atoms with Crippen molar-refractivity contribution < 1.29 is 22.7 Å². The Balaban J connectivity index is 1.39. The van der Waals surface area contributed by atoms with Crippen molar-refractivity contribution in [3.8, 4) is 5.75 Å². The van der Waals surface area contributed by atoms with Crippen LogP contribution in [0.25, 0.3) is 0 Å². The second-order valence-electron chi connectivity index (χ2n) is 7.47. The molecule has 172 valence electrons. The number of pyridine rings is 1. The smallest absolute Gasteiger partial charge is 0.257 e. The van der Waals surface area contributed by atoms with Crippen molar-refractivity contribution in [2.24, 2.45) is 0 Å². The van der Waals surface area contributed by atoms with Gasteiger partial charge in [0.25, 0.3) is 5.91 Å². The van der Waals surface area contributed by atoms with Gasteiger partial charge in [0.1, 0.15) is 5.82 Å². The van der Waals surface area contributed by atoms with Crippen molar-refractivity contribution in [2.75, 3.05) is 43.5 Å². The number of nitrogens with one attached hydrogen (secondary N) is 1. The molecule has 11 heteroatoms. The predicted molar refractivity (Wildman–Crippen MR) is 115 cm³/mol. The average Bonchev–Trinajstić information content (AvgIpc) is 2.83. The number of anilines is 3. The molecule has 0 bridgehead atoms. The lowest BCUT2D eigenvalue weighted by molar-refractivity contribution is 0.0740. The highest BCUT2D eigenvalue weighted by atomic mass is 19.2. The number of carbonyl (C=O) groups is 1. The molecule has 1 saturated heterocycles. The van der Waals surface area contributed by atoms with E-state index in [4.69, 9.17) is 0 Å². The molecule has 8 nitrogen and oxygen atoms in total. The van der Waals surface area contributed by atoms with Crippen LogP contribution < -0.4 is 15.0 Å². The van der Waals surface area contributed by atoms with Crippen LogP contribution in [0.2, 0.25) is 0 Å². The van der Waals surface area contributed by atoms with Crippen LogP contribution in [0.5, 0.6) is 5.75 Å². The van der Waals surface area contributed by atoms with Gasteiger partial charge in [-0.05, 0) is 36.8 Å². The molecule has 1 aromatic carbocycles. The zero-order chi connectivity index (χ0) is 23.5. The van der Waals surface area contributed by atoms with E-state index in [2.05, 4.69) is 25.2 Å². The number of aromatic nitrogens is 3. The maximum Gasteiger partial charge on any atom is 0.257 e. The molecule has 3 heterocycles. The highest BCUT2D eigenvalue weighted by Crippen LogP contribution is 2.28. The minimum absolute atomic E-state index is 0.245. The van der Waals surface area contributed by atoms with Crippen LogP contribution >= 0.6 is 0 Å². The van der Waals surface area contributed by atoms with Crippen LogP contribution in [-0.2, 0) is 0 Å². The molecule has 0 aliphatic carbocycles. The van der Waals surface area contributed by atoms with Crippen LogP contribution in [0.4, 0.5) is 30.6 Å². The summed E-state index contributed by atoms with van der Waals surface area (Å²) in [5.74, 6) is -3.89. The number of carbonyl (C=O) groups excluding carboxylic acids is 1. The fourth-order valence-corrected chi connectivity index (χ4v) is 3.46. The van der Waals surface area contributed by atoms with E-state index in [9.17, 15) is 18.0 Å². The SMILES string of the molecule is COc1c(F)c(F)cc(C(=O)N2CCN(c3ccc(Nc4ccc(C)cn4)nn3)CC2)c1F. The van der Waals surface area contributed by atoms with Gasteiger partial charge in [0.15, 0.2) is 29.0 Å². The molecule has 1 N–H and O–H groups in total. The van der Waals surface area contributed by atoms with Gasteiger partial charge in [-0.25, -0.2) is 13.8 Å². The zero-order valence-corrected chi connectivity index (χ0v) is 18.0. The molecule has 0 radical (unpaired) electrons. The molecule has 1 amide bonds. The highest BCUT2D eigenvalue weighted by Gasteiger charge is 2.29. The van der Waals surface area contributed by atoms with E-state index < -0.39 is 34.7 Å². The number of halogens is 3. The van der Waals surface area contributed by atoms with Gasteiger partial charge in [0.2, 0.25) is 5.82 Å². The van der Waals surface area contributed by atoms with E-state index in [1.165, 1.54) is 4.90 Å². The van der Waals surface area contributed by atoms with Crippen molar-refractivity contribution in [1.29, 1.82) is 0 Å². The van der Waals surface area contributed by atoms with Gasteiger partial charge in [-0.15, -0.1) is 10.2 Å². The predicted octanol–water partition coefficient (Wildman–Crippen LogP) is 3.31. The van der Waals surface area contributed by atoms with Gasteiger partial charge in [0, 0.05) is 32.4 Å². The van der Waals surface area contributed by atoms with Gasteiger partial charge in [-0.2, -0.15) is 4.39 Å². The fourth-order valence-electron chi connectivity index (χ4n) is 3.46. The maximum absolute atomic E-state index is 14.5. The first kappa shape index (κ1) is 22.3. The summed E-state index contributed by atoms with van der Waals surface area (Å²) in [6.07, 6.45) is 1.74. The lowest BCUT2D eigenvalue weighted by atomic mass is 10.1. The molecule has 0 atom stereocenters. The monoisotopic (exact) mass is 458 g/mol. The molecular formula is C22H21F3N6O2. The van der Waals surface area contributed by atoms with Gasteiger partial charge in [-0.1, -0.05) is 6.07 Å². The minimum Gasteiger partial charge on any atom is -0.491 e. The number of hydrogen-bond donors (Lipinski definition) is 1. The minimum atomic E-state index is -1.47. The Morgan fingerprint density at radius 3 is 2.33 bits per heavy atom. The third kappa shape index (κ3) is 4.66. The van der Waals surface area contributed by atoms with E-state index in [-0.39, 0.29) is 13.1 Å². The van der Waals surface area contributed by atoms with Crippen LogP contribution in [0.15, 0.2) is 36.5 Å². The Kier molecular flexibility index (Phi) is 6.29. The van der Waals surface area contributed by atoms with Gasteiger partial charge in [-0.3, -0.25) is 4.79 Å². The summed E-state index contributed by atoms with van der Waals surface area (Å²) in [5.41, 5.74) is 0.477. The summed E-state index contributed by atoms with van der Waals surface area (Å²) < 4.78 is 46.5. The summed E-state index contributed by atoms with van der Waals surface area (Å²) in [4.78, 5) is 20.3. The van der Waals surface area contributed by atoms with Crippen LogP contribution in [0.3, 0.4) is 0 Å². The number of ether oxygens (including phenoxy) is 1. The molecule has 1 fully saturated rings. The van der Waals surface area contributed by atoms with Crippen LogP contribution in [0.1, 0.15) is 15.9 Å². The van der Waals surface area contributed by atoms with Gasteiger partial charge < -0.3 is 19.9 Å². The fraction of sp³-hybridized carbons (Fsp3) is 0.273. The summed E-state index contributed by atoms with van der Waals surface area (Å²) in [6, 6.07) is 7.89. The number of nitrogens with zero attached hydrogens (tertiary/aromatic N) is 5. The largest absolute Gasteiger partial charge is 0.491 e. The van der Waals surface area contributed by atoms with E-state index in [0.29, 0.717) is 36.6 Å². The second kappa shape index (κ2) is 9.31. The second-order valence-corrected chi connectivity index (χ2v) is 7.47. The van der Waals surface area contributed by atoms with E-state index >= 15 is 0 Å². The molecule has 2 aromatic heterocycles. The molecule has 0 saturated carbocycles. The van der Waals surface area contributed by atoms with Gasteiger partial charge in [0.05, 0.1) is 12.7 Å². The van der Waals surface area contributed by atoms with Crippen molar-refractivity contribution in [3.63, 3.8) is 0 Å². The third-order valence-corrected chi connectivity index (χ3v) is 5.26. The number of rotatable bonds is 5. The number of piperazine rings is 1. The Hall–Kier alpha value is -3.89. The summed E-state index contributed by atoms with van der Waals surface area (Å²) in [5, 5.41) is 11.4. The van der Waals surface area contributed by atoms with Crippen molar-refractivity contribution in [3.05, 3.63) is 65.1 Å². The van der Waals surface area contributed by atoms with Crippen molar-refractivity contribution in [2.45, 2.75) is 6.92 Å². The molecule has 33 heavy (non-hydrogen) atoms. The molecular weight excluding hydrogens is 437 g/mol. The lowest BCUT2D eigenvalue weighted by Gasteiger charge is -2.35. The lowest BCUT2D eigenvalue weighted by Crippen LogP contribution is -2.49. The Morgan fingerprint density at radius 1 is 1.00 bits per heavy atom. The van der Waals surface area contributed by atoms with E-state index in [1.807, 2.05) is 24.0 Å².